The lowest BCUT2D eigenvalue weighted by Crippen LogP contribution is -2.35. The van der Waals surface area contributed by atoms with E-state index in [9.17, 15) is 9.18 Å². The van der Waals surface area contributed by atoms with E-state index in [2.05, 4.69) is 0 Å². The minimum Gasteiger partial charge on any atom is -0.370 e. The number of anilines is 1. The van der Waals surface area contributed by atoms with E-state index in [1.807, 2.05) is 0 Å². The van der Waals surface area contributed by atoms with E-state index in [4.69, 9.17) is 10.5 Å². The summed E-state index contributed by atoms with van der Waals surface area (Å²) in [6, 6.07) is 6.17. The van der Waals surface area contributed by atoms with Gasteiger partial charge in [0, 0.05) is 13.1 Å². The van der Waals surface area contributed by atoms with Gasteiger partial charge in [0.25, 0.3) is 5.91 Å². The van der Waals surface area contributed by atoms with Crippen molar-refractivity contribution in [3.05, 3.63) is 30.1 Å². The number of likely N-dealkylation sites (N-methyl/N-ethyl adjacent to an activating group) is 1. The van der Waals surface area contributed by atoms with Crippen LogP contribution in [0.2, 0.25) is 0 Å². The molecule has 0 aliphatic heterocycles. The lowest BCUT2D eigenvalue weighted by atomic mass is 10.2. The Labute approximate surface area is 100 Å². The first-order valence-corrected chi connectivity index (χ1v) is 5.53. The van der Waals surface area contributed by atoms with Crippen molar-refractivity contribution in [2.45, 2.75) is 6.92 Å². The van der Waals surface area contributed by atoms with Crippen molar-refractivity contribution in [3.63, 3.8) is 0 Å². The second kappa shape index (κ2) is 6.98. The van der Waals surface area contributed by atoms with E-state index in [1.165, 1.54) is 11.0 Å². The molecule has 0 aromatic heterocycles. The summed E-state index contributed by atoms with van der Waals surface area (Å²) in [5.41, 5.74) is 5.52. The average Bonchev–Trinajstić information content (AvgIpc) is 2.33. The summed E-state index contributed by atoms with van der Waals surface area (Å²) in [4.78, 5) is 13.1. The van der Waals surface area contributed by atoms with Crippen LogP contribution in [0.3, 0.4) is 0 Å². The Morgan fingerprint density at radius 3 is 2.76 bits per heavy atom. The number of amides is 1. The van der Waals surface area contributed by atoms with Crippen molar-refractivity contribution in [3.8, 4) is 0 Å². The number of benzene rings is 1. The number of nitrogens with zero attached hydrogens (tertiary/aromatic N) is 1. The van der Waals surface area contributed by atoms with Crippen LogP contribution in [0.1, 0.15) is 6.92 Å². The topological polar surface area (TPSA) is 55.6 Å². The fourth-order valence-corrected chi connectivity index (χ4v) is 1.47. The van der Waals surface area contributed by atoms with Gasteiger partial charge in [0.2, 0.25) is 0 Å². The lowest BCUT2D eigenvalue weighted by molar-refractivity contribution is -0.123. The van der Waals surface area contributed by atoms with Crippen LogP contribution in [0, 0.1) is 5.82 Å². The molecule has 0 heterocycles. The van der Waals surface area contributed by atoms with Gasteiger partial charge in [-0.15, -0.1) is 0 Å². The highest BCUT2D eigenvalue weighted by Gasteiger charge is 2.16. The maximum Gasteiger partial charge on any atom is 0.253 e. The van der Waals surface area contributed by atoms with E-state index in [1.54, 1.807) is 25.1 Å². The molecule has 0 aliphatic rings. The Kier molecular flexibility index (Phi) is 5.59. The molecule has 0 aliphatic carbocycles. The second-order valence-corrected chi connectivity index (χ2v) is 3.43. The number of halogens is 1. The number of hydrogen-bond acceptors (Lipinski definition) is 3. The molecule has 1 aromatic rings. The standard InChI is InChI=1S/C12H17FN2O2/c1-2-15(12(16)9-17-8-7-14)11-6-4-3-5-10(11)13/h3-6H,2,7-9,14H2,1H3. The summed E-state index contributed by atoms with van der Waals surface area (Å²) < 4.78 is 18.6. The predicted octanol–water partition coefficient (Wildman–Crippen LogP) is 1.15. The minimum absolute atomic E-state index is 0.0840. The molecule has 1 rings (SSSR count). The average molecular weight is 240 g/mol. The first-order valence-electron chi connectivity index (χ1n) is 5.53. The largest absolute Gasteiger partial charge is 0.370 e. The number of nitrogens with two attached hydrogens (primary N) is 1. The molecule has 1 amide bonds. The quantitative estimate of drug-likeness (QED) is 0.759. The number of ether oxygens (including phenoxy) is 1. The molecule has 0 saturated carbocycles. The fourth-order valence-electron chi connectivity index (χ4n) is 1.47. The van der Waals surface area contributed by atoms with Crippen LogP contribution in [0.15, 0.2) is 24.3 Å². The molecule has 94 valence electrons. The smallest absolute Gasteiger partial charge is 0.253 e. The molecule has 2 N–H and O–H groups in total. The highest BCUT2D eigenvalue weighted by Crippen LogP contribution is 2.18. The van der Waals surface area contributed by atoms with Gasteiger partial charge in [-0.25, -0.2) is 4.39 Å². The number of rotatable bonds is 6. The molecule has 1 aromatic carbocycles. The van der Waals surface area contributed by atoms with E-state index < -0.39 is 5.82 Å². The zero-order valence-corrected chi connectivity index (χ0v) is 9.86. The van der Waals surface area contributed by atoms with Crippen molar-refractivity contribution < 1.29 is 13.9 Å². The zero-order valence-electron chi connectivity index (χ0n) is 9.86. The van der Waals surface area contributed by atoms with Gasteiger partial charge in [0.15, 0.2) is 0 Å². The van der Waals surface area contributed by atoms with Crippen LogP contribution in [-0.2, 0) is 9.53 Å². The lowest BCUT2D eigenvalue weighted by Gasteiger charge is -2.21. The molecule has 0 fully saturated rings. The Bertz CT molecular complexity index is 371. The third-order valence-corrected chi connectivity index (χ3v) is 2.25. The van der Waals surface area contributed by atoms with Gasteiger partial charge in [0.1, 0.15) is 12.4 Å². The normalized spacial score (nSPS) is 10.3. The molecule has 0 atom stereocenters. The summed E-state index contributed by atoms with van der Waals surface area (Å²) in [6.45, 7) is 2.78. The monoisotopic (exact) mass is 240 g/mol. The molecular weight excluding hydrogens is 223 g/mol. The van der Waals surface area contributed by atoms with Crippen LogP contribution in [0.5, 0.6) is 0 Å². The van der Waals surface area contributed by atoms with Crippen LogP contribution >= 0.6 is 0 Å². The second-order valence-electron chi connectivity index (χ2n) is 3.43. The van der Waals surface area contributed by atoms with Gasteiger partial charge in [-0.3, -0.25) is 4.79 Å². The number of para-hydroxylation sites is 1. The van der Waals surface area contributed by atoms with Crippen molar-refractivity contribution in [2.24, 2.45) is 5.73 Å². The van der Waals surface area contributed by atoms with E-state index >= 15 is 0 Å². The summed E-state index contributed by atoms with van der Waals surface area (Å²) in [6.07, 6.45) is 0. The van der Waals surface area contributed by atoms with E-state index in [0.717, 1.165) is 0 Å². The van der Waals surface area contributed by atoms with Crippen LogP contribution in [0.4, 0.5) is 10.1 Å². The molecule has 0 unspecified atom stereocenters. The third kappa shape index (κ3) is 3.80. The zero-order chi connectivity index (χ0) is 12.7. The molecule has 0 spiro atoms. The van der Waals surface area contributed by atoms with Gasteiger partial charge in [-0.2, -0.15) is 0 Å². The number of carbonyl (C=O) groups excluding carboxylic acids is 1. The van der Waals surface area contributed by atoms with Gasteiger partial charge in [0.05, 0.1) is 12.3 Å². The van der Waals surface area contributed by atoms with Crippen LogP contribution in [-0.4, -0.2) is 32.2 Å². The van der Waals surface area contributed by atoms with Gasteiger partial charge in [-0.1, -0.05) is 12.1 Å². The molecule has 5 heteroatoms. The Hall–Kier alpha value is -1.46. The van der Waals surface area contributed by atoms with Crippen molar-refractivity contribution in [1.82, 2.24) is 0 Å². The van der Waals surface area contributed by atoms with Crippen molar-refractivity contribution in [2.75, 3.05) is 31.2 Å². The molecule has 4 nitrogen and oxygen atoms in total. The van der Waals surface area contributed by atoms with E-state index in [0.29, 0.717) is 19.7 Å². The predicted molar refractivity (Wildman–Crippen MR) is 64.3 cm³/mol. The molecular formula is C12H17FN2O2. The third-order valence-electron chi connectivity index (χ3n) is 2.25. The summed E-state index contributed by atoms with van der Waals surface area (Å²) in [7, 11) is 0. The van der Waals surface area contributed by atoms with E-state index in [-0.39, 0.29) is 18.2 Å². The summed E-state index contributed by atoms with van der Waals surface area (Å²) >= 11 is 0. The van der Waals surface area contributed by atoms with Crippen molar-refractivity contribution in [1.29, 1.82) is 0 Å². The fraction of sp³-hybridized carbons (Fsp3) is 0.417. The van der Waals surface area contributed by atoms with Crippen molar-refractivity contribution >= 4 is 11.6 Å². The SMILES string of the molecule is CCN(C(=O)COCCN)c1ccccc1F. The van der Waals surface area contributed by atoms with Gasteiger partial charge >= 0.3 is 0 Å². The molecule has 0 radical (unpaired) electrons. The van der Waals surface area contributed by atoms with Gasteiger partial charge in [-0.05, 0) is 19.1 Å². The Morgan fingerprint density at radius 2 is 2.18 bits per heavy atom. The Morgan fingerprint density at radius 1 is 1.47 bits per heavy atom. The minimum atomic E-state index is -0.415. The highest BCUT2D eigenvalue weighted by molar-refractivity contribution is 5.94. The maximum atomic E-state index is 13.5. The number of hydrogen-bond donors (Lipinski definition) is 1. The summed E-state index contributed by atoms with van der Waals surface area (Å²) in [5.74, 6) is -0.687. The molecule has 0 bridgehead atoms. The Balaban J connectivity index is 2.71. The van der Waals surface area contributed by atoms with Crippen LogP contribution < -0.4 is 10.6 Å². The highest BCUT2D eigenvalue weighted by atomic mass is 19.1. The van der Waals surface area contributed by atoms with Gasteiger partial charge < -0.3 is 15.4 Å². The van der Waals surface area contributed by atoms with Crippen LogP contribution in [0.25, 0.3) is 0 Å². The molecule has 0 saturated heterocycles. The maximum absolute atomic E-state index is 13.5. The first kappa shape index (κ1) is 13.6. The number of carbonyl (C=O) groups is 1. The summed E-state index contributed by atoms with van der Waals surface area (Å²) in [5, 5.41) is 0. The molecule has 17 heavy (non-hydrogen) atoms. The first-order chi connectivity index (χ1) is 8.20.